The summed E-state index contributed by atoms with van der Waals surface area (Å²) < 4.78 is 5.22. The molecule has 2 aromatic rings. The quantitative estimate of drug-likeness (QED) is 0.828. The Morgan fingerprint density at radius 3 is 2.57 bits per heavy atom. The topological polar surface area (TPSA) is 71.5 Å². The highest BCUT2D eigenvalue weighted by molar-refractivity contribution is 6.35. The highest BCUT2D eigenvalue weighted by Gasteiger charge is 2.13. The number of nitrogens with zero attached hydrogens (tertiary/aromatic N) is 1. The molecule has 0 aliphatic carbocycles. The number of aliphatic hydroxyl groups excluding tert-OH is 1. The number of carbonyl (C=O) groups is 1. The molecule has 110 valence electrons. The van der Waals surface area contributed by atoms with Crippen LogP contribution >= 0.6 is 23.2 Å². The molecule has 0 fully saturated rings. The number of hydrogen-bond acceptors (Lipinski definition) is 4. The van der Waals surface area contributed by atoms with Crippen LogP contribution in [-0.2, 0) is 0 Å². The van der Waals surface area contributed by atoms with Gasteiger partial charge in [-0.2, -0.15) is 0 Å². The van der Waals surface area contributed by atoms with Crippen LogP contribution in [0.25, 0.3) is 0 Å². The number of nitrogens with one attached hydrogen (secondary N) is 1. The summed E-state index contributed by atoms with van der Waals surface area (Å²) in [7, 11) is 0. The molecule has 0 bridgehead atoms. The third-order valence-corrected chi connectivity index (χ3v) is 3.01. The van der Waals surface area contributed by atoms with Crippen molar-refractivity contribution in [1.82, 2.24) is 4.98 Å². The maximum Gasteiger partial charge on any atom is 0.275 e. The highest BCUT2D eigenvalue weighted by Crippen LogP contribution is 2.20. The van der Waals surface area contributed by atoms with Crippen molar-refractivity contribution in [2.45, 2.75) is 0 Å². The molecule has 7 heteroatoms. The zero-order chi connectivity index (χ0) is 15.2. The van der Waals surface area contributed by atoms with Crippen molar-refractivity contribution in [3.8, 4) is 5.75 Å². The number of rotatable bonds is 5. The second-order valence-electron chi connectivity index (χ2n) is 4.01. The van der Waals surface area contributed by atoms with E-state index < -0.39 is 5.91 Å². The van der Waals surface area contributed by atoms with Crippen molar-refractivity contribution in [2.24, 2.45) is 0 Å². The first kappa shape index (κ1) is 15.6. The van der Waals surface area contributed by atoms with Gasteiger partial charge in [0, 0.05) is 5.69 Å². The highest BCUT2D eigenvalue weighted by atomic mass is 35.5. The number of aromatic nitrogens is 1. The summed E-state index contributed by atoms with van der Waals surface area (Å²) in [5.74, 6) is 0.146. The van der Waals surface area contributed by atoms with Crippen molar-refractivity contribution in [3.63, 3.8) is 0 Å². The van der Waals surface area contributed by atoms with E-state index in [1.165, 1.54) is 12.1 Å². The van der Waals surface area contributed by atoms with Gasteiger partial charge in [0.05, 0.1) is 11.6 Å². The number of pyridine rings is 1. The fraction of sp³-hybridized carbons (Fsp3) is 0.143. The Balaban J connectivity index is 2.07. The summed E-state index contributed by atoms with van der Waals surface area (Å²) in [4.78, 5) is 16.0. The van der Waals surface area contributed by atoms with Gasteiger partial charge in [0.15, 0.2) is 0 Å². The third-order valence-electron chi connectivity index (χ3n) is 2.50. The molecule has 0 aliphatic heterocycles. The summed E-state index contributed by atoms with van der Waals surface area (Å²) in [5.41, 5.74) is 0.624. The van der Waals surface area contributed by atoms with E-state index in [4.69, 9.17) is 33.0 Å². The van der Waals surface area contributed by atoms with Crippen LogP contribution in [0.2, 0.25) is 10.2 Å². The molecule has 1 aromatic carbocycles. The summed E-state index contributed by atoms with van der Waals surface area (Å²) >= 11 is 11.7. The molecular weight excluding hydrogens is 315 g/mol. The van der Waals surface area contributed by atoms with E-state index in [9.17, 15) is 4.79 Å². The molecule has 21 heavy (non-hydrogen) atoms. The van der Waals surface area contributed by atoms with Crippen LogP contribution in [0.4, 0.5) is 5.69 Å². The molecule has 1 aromatic heterocycles. The standard InChI is InChI=1S/C14H12Cl2N2O3/c15-11-5-6-12(16)18-13(11)14(20)17-9-1-3-10(4-2-9)21-8-7-19/h1-6,19H,7-8H2,(H,17,20). The molecule has 0 aliphatic rings. The first-order valence-electron chi connectivity index (χ1n) is 6.07. The van der Waals surface area contributed by atoms with Crippen LogP contribution in [0.5, 0.6) is 5.75 Å². The number of carbonyl (C=O) groups excluding carboxylic acids is 1. The lowest BCUT2D eigenvalue weighted by atomic mass is 10.2. The second kappa shape index (κ2) is 7.26. The number of benzene rings is 1. The molecule has 0 saturated carbocycles. The Morgan fingerprint density at radius 1 is 1.19 bits per heavy atom. The number of hydrogen-bond donors (Lipinski definition) is 2. The van der Waals surface area contributed by atoms with Crippen molar-refractivity contribution >= 4 is 34.8 Å². The molecule has 0 spiro atoms. The fourth-order valence-electron chi connectivity index (χ4n) is 1.57. The summed E-state index contributed by atoms with van der Waals surface area (Å²) in [5, 5.41) is 11.7. The average molecular weight is 327 g/mol. The minimum Gasteiger partial charge on any atom is -0.491 e. The Labute approximate surface area is 131 Å². The Morgan fingerprint density at radius 2 is 1.90 bits per heavy atom. The Kier molecular flexibility index (Phi) is 5.38. The first-order chi connectivity index (χ1) is 10.1. The molecule has 0 radical (unpaired) electrons. The van der Waals surface area contributed by atoms with Gasteiger partial charge in [0.1, 0.15) is 23.2 Å². The number of aliphatic hydroxyl groups is 1. The number of ether oxygens (including phenoxy) is 1. The van der Waals surface area contributed by atoms with Gasteiger partial charge >= 0.3 is 0 Å². The lowest BCUT2D eigenvalue weighted by molar-refractivity contribution is 0.102. The summed E-state index contributed by atoms with van der Waals surface area (Å²) in [6.07, 6.45) is 0. The molecule has 2 rings (SSSR count). The van der Waals surface area contributed by atoms with E-state index in [1.54, 1.807) is 24.3 Å². The van der Waals surface area contributed by atoms with Gasteiger partial charge in [-0.15, -0.1) is 0 Å². The number of amides is 1. The van der Waals surface area contributed by atoms with E-state index in [1.807, 2.05) is 0 Å². The van der Waals surface area contributed by atoms with E-state index in [0.29, 0.717) is 11.4 Å². The smallest absolute Gasteiger partial charge is 0.275 e. The van der Waals surface area contributed by atoms with Crippen LogP contribution in [0, 0.1) is 0 Å². The largest absolute Gasteiger partial charge is 0.491 e. The lowest BCUT2D eigenvalue weighted by Gasteiger charge is -2.08. The predicted molar refractivity (Wildman–Crippen MR) is 81.2 cm³/mol. The SMILES string of the molecule is O=C(Nc1ccc(OCCO)cc1)c1nc(Cl)ccc1Cl. The molecule has 0 unspecified atom stereocenters. The van der Waals surface area contributed by atoms with Gasteiger partial charge in [0.25, 0.3) is 5.91 Å². The van der Waals surface area contributed by atoms with Crippen LogP contribution < -0.4 is 10.1 Å². The van der Waals surface area contributed by atoms with Gasteiger partial charge in [-0.05, 0) is 36.4 Å². The fourth-order valence-corrected chi connectivity index (χ4v) is 1.90. The van der Waals surface area contributed by atoms with E-state index in [0.717, 1.165) is 0 Å². The lowest BCUT2D eigenvalue weighted by Crippen LogP contribution is -2.14. The predicted octanol–water partition coefficient (Wildman–Crippen LogP) is 3.01. The average Bonchev–Trinajstić information content (AvgIpc) is 2.49. The summed E-state index contributed by atoms with van der Waals surface area (Å²) in [6, 6.07) is 9.72. The van der Waals surface area contributed by atoms with E-state index >= 15 is 0 Å². The van der Waals surface area contributed by atoms with Crippen molar-refractivity contribution in [3.05, 3.63) is 52.3 Å². The normalized spacial score (nSPS) is 10.2. The number of halogens is 2. The van der Waals surface area contributed by atoms with Gasteiger partial charge in [-0.3, -0.25) is 4.79 Å². The minimum absolute atomic E-state index is 0.0581. The second-order valence-corrected chi connectivity index (χ2v) is 4.81. The number of anilines is 1. The molecule has 2 N–H and O–H groups in total. The van der Waals surface area contributed by atoms with Crippen molar-refractivity contribution < 1.29 is 14.6 Å². The van der Waals surface area contributed by atoms with Crippen LogP contribution in [0.1, 0.15) is 10.5 Å². The molecule has 0 atom stereocenters. The van der Waals surface area contributed by atoms with Crippen molar-refractivity contribution in [1.29, 1.82) is 0 Å². The monoisotopic (exact) mass is 326 g/mol. The van der Waals surface area contributed by atoms with E-state index in [-0.39, 0.29) is 29.1 Å². The van der Waals surface area contributed by atoms with Gasteiger partial charge < -0.3 is 15.2 Å². The van der Waals surface area contributed by atoms with Gasteiger partial charge in [0.2, 0.25) is 0 Å². The first-order valence-corrected chi connectivity index (χ1v) is 6.83. The molecule has 0 saturated heterocycles. The van der Waals surface area contributed by atoms with Crippen LogP contribution in [-0.4, -0.2) is 29.2 Å². The Bertz CT molecular complexity index is 633. The zero-order valence-corrected chi connectivity index (χ0v) is 12.4. The maximum atomic E-state index is 12.1. The molecular formula is C14H12Cl2N2O3. The van der Waals surface area contributed by atoms with Gasteiger partial charge in [-0.25, -0.2) is 4.98 Å². The van der Waals surface area contributed by atoms with Crippen LogP contribution in [0.3, 0.4) is 0 Å². The van der Waals surface area contributed by atoms with Crippen LogP contribution in [0.15, 0.2) is 36.4 Å². The van der Waals surface area contributed by atoms with E-state index in [2.05, 4.69) is 10.3 Å². The van der Waals surface area contributed by atoms with Crippen molar-refractivity contribution in [2.75, 3.05) is 18.5 Å². The molecule has 1 heterocycles. The maximum absolute atomic E-state index is 12.1. The molecule has 1 amide bonds. The Hall–Kier alpha value is -1.82. The zero-order valence-electron chi connectivity index (χ0n) is 10.8. The molecule has 5 nitrogen and oxygen atoms in total. The third kappa shape index (κ3) is 4.32. The summed E-state index contributed by atoms with van der Waals surface area (Å²) in [6.45, 7) is 0.158. The van der Waals surface area contributed by atoms with Gasteiger partial charge in [-0.1, -0.05) is 23.2 Å². The minimum atomic E-state index is -0.452.